The summed E-state index contributed by atoms with van der Waals surface area (Å²) in [5.74, 6) is 1.19. The quantitative estimate of drug-likeness (QED) is 0.424. The largest absolute Gasteiger partial charge is 0.497 e. The Morgan fingerprint density at radius 3 is 2.00 bits per heavy atom. The van der Waals surface area contributed by atoms with E-state index in [1.807, 2.05) is 38.1 Å². The van der Waals surface area contributed by atoms with Crippen LogP contribution < -0.4 is 14.2 Å². The van der Waals surface area contributed by atoms with Gasteiger partial charge in [-0.05, 0) is 56.2 Å². The molecule has 3 aromatic rings. The number of aryl methyl sites for hydroxylation is 1. The van der Waals surface area contributed by atoms with Crippen molar-refractivity contribution in [2.75, 3.05) is 27.9 Å². The highest BCUT2D eigenvalue weighted by atomic mass is 16.5. The first-order chi connectivity index (χ1) is 16.8. The second kappa shape index (κ2) is 11.5. The van der Waals surface area contributed by atoms with Gasteiger partial charge in [0.15, 0.2) is 0 Å². The normalized spacial score (nSPS) is 10.6. The highest BCUT2D eigenvalue weighted by molar-refractivity contribution is 5.95. The van der Waals surface area contributed by atoms with Gasteiger partial charge in [0.25, 0.3) is 5.91 Å². The molecular formula is C27H32N2O6. The Morgan fingerprint density at radius 1 is 0.857 bits per heavy atom. The highest BCUT2D eigenvalue weighted by Gasteiger charge is 2.24. The summed E-state index contributed by atoms with van der Waals surface area (Å²) in [7, 11) is 4.69. The van der Waals surface area contributed by atoms with E-state index >= 15 is 0 Å². The van der Waals surface area contributed by atoms with Gasteiger partial charge in [-0.2, -0.15) is 0 Å². The molecule has 1 N–H and O–H groups in total. The summed E-state index contributed by atoms with van der Waals surface area (Å²) < 4.78 is 21.2. The van der Waals surface area contributed by atoms with Crippen molar-refractivity contribution >= 4 is 11.9 Å². The number of hydrogen-bond acceptors (Lipinski definition) is 6. The van der Waals surface area contributed by atoms with Crippen molar-refractivity contribution in [3.8, 4) is 17.2 Å². The van der Waals surface area contributed by atoms with Crippen molar-refractivity contribution in [2.24, 2.45) is 0 Å². The van der Waals surface area contributed by atoms with E-state index in [4.69, 9.17) is 18.9 Å². The van der Waals surface area contributed by atoms with Gasteiger partial charge in [-0.3, -0.25) is 4.79 Å². The minimum absolute atomic E-state index is 0.206. The van der Waals surface area contributed by atoms with E-state index < -0.39 is 0 Å². The lowest BCUT2D eigenvalue weighted by Crippen LogP contribution is -2.30. The number of hydrogen-bond donors (Lipinski definition) is 1. The van der Waals surface area contributed by atoms with Gasteiger partial charge < -0.3 is 28.8 Å². The van der Waals surface area contributed by atoms with E-state index in [2.05, 4.69) is 4.98 Å². The van der Waals surface area contributed by atoms with Gasteiger partial charge in [0.05, 0.1) is 40.0 Å². The number of aromatic amines is 1. The molecule has 0 bridgehead atoms. The summed E-state index contributed by atoms with van der Waals surface area (Å²) in [6.07, 6.45) is 0. The van der Waals surface area contributed by atoms with Crippen LogP contribution in [0.5, 0.6) is 17.2 Å². The standard InChI is InChI=1S/C27H32N2O6/c1-7-35-27(31)25-17(2)24(28-18(25)3)16-29(15-19-8-10-21(32-4)11-9-19)26(30)20-12-22(33-5)14-23(13-20)34-6/h8-14,28H,7,15-16H2,1-6H3. The molecule has 0 saturated carbocycles. The van der Waals surface area contributed by atoms with E-state index in [1.54, 1.807) is 51.4 Å². The second-order valence-electron chi connectivity index (χ2n) is 8.06. The number of carbonyl (C=O) groups is 2. The molecule has 2 aromatic carbocycles. The molecule has 0 saturated heterocycles. The molecule has 1 heterocycles. The number of nitrogens with one attached hydrogen (secondary N) is 1. The molecule has 0 aliphatic rings. The van der Waals surface area contributed by atoms with Gasteiger partial charge in [-0.25, -0.2) is 4.79 Å². The zero-order valence-electron chi connectivity index (χ0n) is 21.1. The molecule has 8 heteroatoms. The number of nitrogens with zero attached hydrogens (tertiary/aromatic N) is 1. The molecule has 1 amide bonds. The minimum Gasteiger partial charge on any atom is -0.497 e. The third kappa shape index (κ3) is 5.95. The van der Waals surface area contributed by atoms with Crippen molar-refractivity contribution in [1.29, 1.82) is 0 Å². The van der Waals surface area contributed by atoms with Crippen LogP contribution in [0.25, 0.3) is 0 Å². The monoisotopic (exact) mass is 480 g/mol. The Kier molecular flexibility index (Phi) is 8.41. The van der Waals surface area contributed by atoms with Crippen molar-refractivity contribution in [2.45, 2.75) is 33.9 Å². The topological polar surface area (TPSA) is 90.1 Å². The van der Waals surface area contributed by atoms with Crippen LogP contribution in [0.1, 0.15) is 50.2 Å². The fourth-order valence-electron chi connectivity index (χ4n) is 3.94. The lowest BCUT2D eigenvalue weighted by molar-refractivity contribution is 0.0524. The fourth-order valence-corrected chi connectivity index (χ4v) is 3.94. The first-order valence-corrected chi connectivity index (χ1v) is 11.3. The summed E-state index contributed by atoms with van der Waals surface area (Å²) in [6, 6.07) is 12.6. The van der Waals surface area contributed by atoms with Gasteiger partial charge in [-0.15, -0.1) is 0 Å². The number of ether oxygens (including phenoxy) is 4. The van der Waals surface area contributed by atoms with E-state index in [-0.39, 0.29) is 25.0 Å². The van der Waals surface area contributed by atoms with Crippen molar-refractivity contribution in [3.05, 3.63) is 76.1 Å². The van der Waals surface area contributed by atoms with Crippen molar-refractivity contribution in [3.63, 3.8) is 0 Å². The van der Waals surface area contributed by atoms with Gasteiger partial charge in [-0.1, -0.05) is 12.1 Å². The Balaban J connectivity index is 1.99. The number of carbonyl (C=O) groups excluding carboxylic acids is 2. The van der Waals surface area contributed by atoms with Crippen LogP contribution in [0, 0.1) is 13.8 Å². The minimum atomic E-state index is -0.379. The predicted molar refractivity (Wildman–Crippen MR) is 132 cm³/mol. The number of H-pyrrole nitrogens is 1. The summed E-state index contributed by atoms with van der Waals surface area (Å²) >= 11 is 0. The Bertz CT molecular complexity index is 1160. The maximum absolute atomic E-state index is 13.7. The molecule has 0 atom stereocenters. The maximum Gasteiger partial charge on any atom is 0.340 e. The van der Waals surface area contributed by atoms with Crippen LogP contribution in [0.4, 0.5) is 0 Å². The molecule has 0 aliphatic carbocycles. The molecule has 35 heavy (non-hydrogen) atoms. The van der Waals surface area contributed by atoms with Crippen LogP contribution in [-0.2, 0) is 17.8 Å². The predicted octanol–water partition coefficient (Wildman–Crippen LogP) is 4.68. The Hall–Kier alpha value is -3.94. The first kappa shape index (κ1) is 25.7. The van der Waals surface area contributed by atoms with Gasteiger partial charge in [0.1, 0.15) is 17.2 Å². The number of rotatable bonds is 10. The van der Waals surface area contributed by atoms with Crippen LogP contribution in [0.3, 0.4) is 0 Å². The zero-order valence-corrected chi connectivity index (χ0v) is 21.1. The average Bonchev–Trinajstić information content (AvgIpc) is 3.15. The average molecular weight is 481 g/mol. The third-order valence-corrected chi connectivity index (χ3v) is 5.79. The molecule has 0 aliphatic heterocycles. The summed E-state index contributed by atoms with van der Waals surface area (Å²) in [4.78, 5) is 31.2. The van der Waals surface area contributed by atoms with E-state index in [0.29, 0.717) is 34.9 Å². The number of amides is 1. The van der Waals surface area contributed by atoms with Crippen molar-refractivity contribution < 1.29 is 28.5 Å². The Labute approximate surface area is 205 Å². The van der Waals surface area contributed by atoms with E-state index in [9.17, 15) is 9.59 Å². The molecule has 0 unspecified atom stereocenters. The molecule has 186 valence electrons. The smallest absolute Gasteiger partial charge is 0.340 e. The number of methoxy groups -OCH3 is 3. The van der Waals surface area contributed by atoms with Crippen LogP contribution in [-0.4, -0.2) is 49.7 Å². The summed E-state index contributed by atoms with van der Waals surface area (Å²) in [5.41, 5.74) is 4.10. The number of esters is 1. The maximum atomic E-state index is 13.7. The first-order valence-electron chi connectivity index (χ1n) is 11.3. The van der Waals surface area contributed by atoms with Crippen LogP contribution in [0.15, 0.2) is 42.5 Å². The number of benzene rings is 2. The molecule has 8 nitrogen and oxygen atoms in total. The van der Waals surface area contributed by atoms with Gasteiger partial charge >= 0.3 is 5.97 Å². The lowest BCUT2D eigenvalue weighted by Gasteiger charge is -2.24. The highest BCUT2D eigenvalue weighted by Crippen LogP contribution is 2.26. The lowest BCUT2D eigenvalue weighted by atomic mass is 10.1. The van der Waals surface area contributed by atoms with Crippen LogP contribution in [0.2, 0.25) is 0 Å². The zero-order chi connectivity index (χ0) is 25.5. The molecule has 1 aromatic heterocycles. The summed E-state index contributed by atoms with van der Waals surface area (Å²) in [6.45, 7) is 6.35. The molecule has 3 rings (SSSR count). The van der Waals surface area contributed by atoms with Crippen LogP contribution >= 0.6 is 0 Å². The SMILES string of the molecule is CCOC(=O)c1c(C)[nH]c(CN(Cc2ccc(OC)cc2)C(=O)c2cc(OC)cc(OC)c2)c1C. The van der Waals surface area contributed by atoms with Gasteiger partial charge in [0.2, 0.25) is 0 Å². The van der Waals surface area contributed by atoms with Gasteiger partial charge in [0, 0.05) is 29.6 Å². The Morgan fingerprint density at radius 2 is 1.46 bits per heavy atom. The molecule has 0 spiro atoms. The molecular weight excluding hydrogens is 448 g/mol. The van der Waals surface area contributed by atoms with E-state index in [1.165, 1.54) is 0 Å². The summed E-state index contributed by atoms with van der Waals surface area (Å²) in [5, 5.41) is 0. The molecule has 0 radical (unpaired) electrons. The third-order valence-electron chi connectivity index (χ3n) is 5.79. The van der Waals surface area contributed by atoms with E-state index in [0.717, 1.165) is 22.6 Å². The van der Waals surface area contributed by atoms with Crippen molar-refractivity contribution in [1.82, 2.24) is 9.88 Å². The fraction of sp³-hybridized carbons (Fsp3) is 0.333. The number of aromatic nitrogens is 1. The molecule has 0 fully saturated rings. The second-order valence-corrected chi connectivity index (χ2v) is 8.06.